The van der Waals surface area contributed by atoms with E-state index in [1.165, 1.54) is 17.0 Å². The number of alkyl halides is 3. The summed E-state index contributed by atoms with van der Waals surface area (Å²) < 4.78 is 43.9. The Morgan fingerprint density at radius 1 is 1.31 bits per heavy atom. The van der Waals surface area contributed by atoms with Crippen molar-refractivity contribution in [2.24, 2.45) is 0 Å². The molecule has 0 aliphatic carbocycles. The molecule has 1 aliphatic heterocycles. The van der Waals surface area contributed by atoms with Gasteiger partial charge in [0.1, 0.15) is 12.4 Å². The van der Waals surface area contributed by atoms with Crippen molar-refractivity contribution in [3.63, 3.8) is 0 Å². The Morgan fingerprint density at radius 2 is 2.17 bits per heavy atom. The molecule has 1 saturated heterocycles. The van der Waals surface area contributed by atoms with Crippen molar-refractivity contribution in [2.75, 3.05) is 13.1 Å². The largest absolute Gasteiger partial charge is 0.487 e. The van der Waals surface area contributed by atoms with Gasteiger partial charge in [0, 0.05) is 30.1 Å². The standard InChI is InChI=1S/C20H21F3N4OS/c1-13-24-9-18(29-13)11-27-6-5-14(10-27)19-8-16(25-26-19)12-28-17-4-2-3-15(7-17)20(21,22)23/h2-4,7-9,14H,5-6,10-12H2,1H3,(H,25,26). The lowest BCUT2D eigenvalue weighted by atomic mass is 10.1. The third-order valence-electron chi connectivity index (χ3n) is 4.95. The minimum absolute atomic E-state index is 0.144. The molecule has 1 aliphatic rings. The first-order valence-electron chi connectivity index (χ1n) is 9.35. The highest BCUT2D eigenvalue weighted by Gasteiger charge is 2.30. The fourth-order valence-electron chi connectivity index (χ4n) is 3.50. The smallest absolute Gasteiger partial charge is 0.416 e. The van der Waals surface area contributed by atoms with E-state index in [1.54, 1.807) is 11.3 Å². The number of likely N-dealkylation sites (tertiary alicyclic amines) is 1. The van der Waals surface area contributed by atoms with E-state index in [1.807, 2.05) is 19.2 Å². The van der Waals surface area contributed by atoms with E-state index < -0.39 is 11.7 Å². The Kier molecular flexibility index (Phi) is 5.60. The molecule has 3 heterocycles. The van der Waals surface area contributed by atoms with Crippen molar-refractivity contribution in [3.8, 4) is 5.75 Å². The second-order valence-corrected chi connectivity index (χ2v) is 8.52. The first kappa shape index (κ1) is 19.9. The van der Waals surface area contributed by atoms with Gasteiger partial charge in [-0.25, -0.2) is 4.98 Å². The monoisotopic (exact) mass is 422 g/mol. The summed E-state index contributed by atoms with van der Waals surface area (Å²) in [5.41, 5.74) is 0.993. The number of hydrogen-bond donors (Lipinski definition) is 1. The van der Waals surface area contributed by atoms with Crippen LogP contribution in [-0.4, -0.2) is 33.2 Å². The number of nitrogens with one attached hydrogen (secondary N) is 1. The molecule has 9 heteroatoms. The van der Waals surface area contributed by atoms with Gasteiger partial charge in [-0.1, -0.05) is 6.07 Å². The van der Waals surface area contributed by atoms with Gasteiger partial charge in [0.15, 0.2) is 0 Å². The lowest BCUT2D eigenvalue weighted by molar-refractivity contribution is -0.137. The van der Waals surface area contributed by atoms with Crippen molar-refractivity contribution < 1.29 is 17.9 Å². The van der Waals surface area contributed by atoms with E-state index in [0.717, 1.165) is 54.6 Å². The Hall–Kier alpha value is -2.39. The average molecular weight is 422 g/mol. The van der Waals surface area contributed by atoms with E-state index in [-0.39, 0.29) is 12.4 Å². The molecular weight excluding hydrogens is 401 g/mol. The zero-order chi connectivity index (χ0) is 20.4. The average Bonchev–Trinajstić information content (AvgIpc) is 3.41. The third kappa shape index (κ3) is 4.97. The number of aromatic amines is 1. The van der Waals surface area contributed by atoms with E-state index in [9.17, 15) is 13.2 Å². The number of nitrogens with zero attached hydrogens (tertiary/aromatic N) is 3. The summed E-state index contributed by atoms with van der Waals surface area (Å²) in [5.74, 6) is 0.519. The lowest BCUT2D eigenvalue weighted by Gasteiger charge is -2.13. The van der Waals surface area contributed by atoms with E-state index in [2.05, 4.69) is 20.1 Å². The van der Waals surface area contributed by atoms with Crippen molar-refractivity contribution in [2.45, 2.75) is 38.6 Å². The van der Waals surface area contributed by atoms with Crippen LogP contribution in [0.15, 0.2) is 36.5 Å². The zero-order valence-electron chi connectivity index (χ0n) is 15.9. The second kappa shape index (κ2) is 8.16. The van der Waals surface area contributed by atoms with Crippen LogP contribution in [0.2, 0.25) is 0 Å². The molecule has 1 N–H and O–H groups in total. The molecule has 1 atom stereocenters. The Morgan fingerprint density at radius 3 is 2.93 bits per heavy atom. The predicted octanol–water partition coefficient (Wildman–Crippen LogP) is 4.76. The van der Waals surface area contributed by atoms with Crippen LogP contribution in [0.4, 0.5) is 13.2 Å². The van der Waals surface area contributed by atoms with Crippen molar-refractivity contribution >= 4 is 11.3 Å². The van der Waals surface area contributed by atoms with Gasteiger partial charge in [-0.3, -0.25) is 10.00 Å². The maximum absolute atomic E-state index is 12.8. The molecule has 1 aromatic carbocycles. The van der Waals surface area contributed by atoms with Crippen LogP contribution in [0, 0.1) is 6.92 Å². The number of halogens is 3. The molecule has 0 spiro atoms. The van der Waals surface area contributed by atoms with Gasteiger partial charge >= 0.3 is 6.18 Å². The molecule has 0 bridgehead atoms. The Bertz CT molecular complexity index is 969. The Balaban J connectivity index is 1.32. The van der Waals surface area contributed by atoms with Crippen LogP contribution in [-0.2, 0) is 19.3 Å². The first-order valence-corrected chi connectivity index (χ1v) is 10.2. The molecule has 1 unspecified atom stereocenters. The highest BCUT2D eigenvalue weighted by atomic mass is 32.1. The molecule has 154 valence electrons. The van der Waals surface area contributed by atoms with Crippen LogP contribution >= 0.6 is 11.3 Å². The van der Waals surface area contributed by atoms with Gasteiger partial charge in [-0.15, -0.1) is 11.3 Å². The topological polar surface area (TPSA) is 54.0 Å². The number of benzene rings is 1. The maximum atomic E-state index is 12.8. The molecule has 2 aromatic heterocycles. The summed E-state index contributed by atoms with van der Waals surface area (Å²) in [6, 6.07) is 6.84. The van der Waals surface area contributed by atoms with Gasteiger partial charge in [-0.05, 0) is 44.2 Å². The minimum atomic E-state index is -4.38. The van der Waals surface area contributed by atoms with Crippen LogP contribution in [0.25, 0.3) is 0 Å². The quantitative estimate of drug-likeness (QED) is 0.622. The molecule has 4 rings (SSSR count). The molecule has 29 heavy (non-hydrogen) atoms. The van der Waals surface area contributed by atoms with E-state index in [0.29, 0.717) is 5.92 Å². The summed E-state index contributed by atoms with van der Waals surface area (Å²) in [6.07, 6.45) is -1.42. The van der Waals surface area contributed by atoms with Crippen LogP contribution < -0.4 is 4.74 Å². The molecule has 0 amide bonds. The molecule has 3 aromatic rings. The molecule has 0 radical (unpaired) electrons. The van der Waals surface area contributed by atoms with Crippen LogP contribution in [0.5, 0.6) is 5.75 Å². The summed E-state index contributed by atoms with van der Waals surface area (Å²) in [5, 5.41) is 8.41. The summed E-state index contributed by atoms with van der Waals surface area (Å²) in [7, 11) is 0. The highest BCUT2D eigenvalue weighted by molar-refractivity contribution is 7.11. The van der Waals surface area contributed by atoms with Gasteiger partial charge in [0.05, 0.1) is 22.0 Å². The number of aromatic nitrogens is 3. The predicted molar refractivity (Wildman–Crippen MR) is 104 cm³/mol. The first-order chi connectivity index (χ1) is 13.9. The normalized spacial score (nSPS) is 17.7. The van der Waals surface area contributed by atoms with E-state index in [4.69, 9.17) is 4.74 Å². The van der Waals surface area contributed by atoms with Gasteiger partial charge in [0.25, 0.3) is 0 Å². The maximum Gasteiger partial charge on any atom is 0.416 e. The van der Waals surface area contributed by atoms with Crippen LogP contribution in [0.1, 0.15) is 39.2 Å². The highest BCUT2D eigenvalue weighted by Crippen LogP contribution is 2.32. The third-order valence-corrected chi connectivity index (χ3v) is 5.84. The summed E-state index contributed by atoms with van der Waals surface area (Å²) in [4.78, 5) is 7.96. The number of ether oxygens (including phenoxy) is 1. The lowest BCUT2D eigenvalue weighted by Crippen LogP contribution is -2.19. The molecule has 1 fully saturated rings. The van der Waals surface area contributed by atoms with Gasteiger partial charge in [-0.2, -0.15) is 18.3 Å². The number of thiazole rings is 1. The summed E-state index contributed by atoms with van der Waals surface area (Å²) >= 11 is 1.72. The molecule has 5 nitrogen and oxygen atoms in total. The van der Waals surface area contributed by atoms with Gasteiger partial charge < -0.3 is 4.74 Å². The van der Waals surface area contributed by atoms with Crippen molar-refractivity contribution in [1.82, 2.24) is 20.1 Å². The SMILES string of the molecule is Cc1ncc(CN2CCC(c3cc(COc4cccc(C(F)(F)F)c4)[nH]n3)C2)s1. The minimum Gasteiger partial charge on any atom is -0.487 e. The van der Waals surface area contributed by atoms with Crippen molar-refractivity contribution in [1.29, 1.82) is 0 Å². The fourth-order valence-corrected chi connectivity index (χ4v) is 4.34. The summed E-state index contributed by atoms with van der Waals surface area (Å²) in [6.45, 7) is 4.98. The van der Waals surface area contributed by atoms with Crippen molar-refractivity contribution in [3.05, 3.63) is 63.4 Å². The molecule has 0 saturated carbocycles. The number of H-pyrrole nitrogens is 1. The fraction of sp³-hybridized carbons (Fsp3) is 0.400. The number of hydrogen-bond acceptors (Lipinski definition) is 5. The zero-order valence-corrected chi connectivity index (χ0v) is 16.7. The van der Waals surface area contributed by atoms with E-state index >= 15 is 0 Å². The molecular formula is C20H21F3N4OS. The number of aryl methyl sites for hydroxylation is 1. The second-order valence-electron chi connectivity index (χ2n) is 7.20. The van der Waals surface area contributed by atoms with Gasteiger partial charge in [0.2, 0.25) is 0 Å². The number of rotatable bonds is 6. The van der Waals surface area contributed by atoms with Crippen LogP contribution in [0.3, 0.4) is 0 Å². The Labute approximate surface area is 170 Å².